The van der Waals surface area contributed by atoms with E-state index in [1.807, 2.05) is 31.2 Å². The highest BCUT2D eigenvalue weighted by molar-refractivity contribution is 8.00. The lowest BCUT2D eigenvalue weighted by molar-refractivity contribution is -0.385. The van der Waals surface area contributed by atoms with E-state index in [2.05, 4.69) is 4.98 Å². The third kappa shape index (κ3) is 4.48. The molecule has 1 aromatic heterocycles. The lowest BCUT2D eigenvalue weighted by Crippen LogP contribution is -2.32. The van der Waals surface area contributed by atoms with Gasteiger partial charge in [0.15, 0.2) is 0 Å². The van der Waals surface area contributed by atoms with E-state index in [1.54, 1.807) is 0 Å². The van der Waals surface area contributed by atoms with Crippen LogP contribution in [0.5, 0.6) is 5.75 Å². The van der Waals surface area contributed by atoms with Crippen molar-refractivity contribution in [3.63, 3.8) is 0 Å². The zero-order valence-electron chi connectivity index (χ0n) is 20.8. The number of carbonyl (C=O) groups is 2. The van der Waals surface area contributed by atoms with Crippen LogP contribution in [0.1, 0.15) is 27.5 Å². The number of amides is 2. The summed E-state index contributed by atoms with van der Waals surface area (Å²) in [6.45, 7) is 2.12. The number of hydrogen-bond acceptors (Lipinski definition) is 8. The fourth-order valence-corrected chi connectivity index (χ4v) is 7.57. The molecule has 1 fully saturated rings. The summed E-state index contributed by atoms with van der Waals surface area (Å²) in [5, 5.41) is 11.3. The van der Waals surface area contributed by atoms with Crippen molar-refractivity contribution in [2.75, 3.05) is 4.90 Å². The van der Waals surface area contributed by atoms with Crippen LogP contribution in [0.3, 0.4) is 0 Å². The maximum Gasteiger partial charge on any atom is 0.305 e. The Morgan fingerprint density at radius 2 is 1.75 bits per heavy atom. The molecule has 1 saturated heterocycles. The van der Waals surface area contributed by atoms with E-state index >= 15 is 0 Å². The van der Waals surface area contributed by atoms with Gasteiger partial charge in [-0.2, -0.15) is 0 Å². The molecule has 202 valence electrons. The molecule has 2 amide bonds. The maximum absolute atomic E-state index is 13.9. The van der Waals surface area contributed by atoms with E-state index in [1.165, 1.54) is 30.3 Å². The fourth-order valence-electron chi connectivity index (χ4n) is 5.07. The molecule has 0 radical (unpaired) electrons. The zero-order valence-corrected chi connectivity index (χ0v) is 22.5. The summed E-state index contributed by atoms with van der Waals surface area (Å²) in [7, 11) is 0. The van der Waals surface area contributed by atoms with E-state index < -0.39 is 39.6 Å². The molecule has 1 N–H and O–H groups in total. The molecular weight excluding hydrogens is 557 g/mol. The van der Waals surface area contributed by atoms with Crippen LogP contribution in [-0.2, 0) is 16.2 Å². The van der Waals surface area contributed by atoms with Gasteiger partial charge in [-0.25, -0.2) is 9.29 Å². The summed E-state index contributed by atoms with van der Waals surface area (Å²) in [6.07, 6.45) is 0. The second-order valence-electron chi connectivity index (χ2n) is 9.49. The number of carbonyl (C=O) groups excluding carboxylic acids is 2. The number of thiazole rings is 1. The summed E-state index contributed by atoms with van der Waals surface area (Å²) in [6, 6.07) is 16.8. The number of aromatic amines is 1. The Balaban J connectivity index is 1.47. The number of halogens is 1. The van der Waals surface area contributed by atoms with Crippen LogP contribution < -0.4 is 14.5 Å². The molecule has 3 atom stereocenters. The van der Waals surface area contributed by atoms with Gasteiger partial charge in [0.05, 0.1) is 21.6 Å². The van der Waals surface area contributed by atoms with Crippen molar-refractivity contribution in [3.05, 3.63) is 114 Å². The van der Waals surface area contributed by atoms with Crippen molar-refractivity contribution in [1.82, 2.24) is 4.98 Å². The monoisotopic (exact) mass is 577 g/mol. The normalized spacial score (nSPS) is 19.9. The summed E-state index contributed by atoms with van der Waals surface area (Å²) in [5.41, 5.74) is 2.28. The first-order chi connectivity index (χ1) is 19.2. The van der Waals surface area contributed by atoms with Crippen molar-refractivity contribution in [2.24, 2.45) is 5.92 Å². The van der Waals surface area contributed by atoms with Crippen LogP contribution in [0.15, 0.2) is 76.6 Å². The van der Waals surface area contributed by atoms with Crippen LogP contribution in [0.2, 0.25) is 0 Å². The summed E-state index contributed by atoms with van der Waals surface area (Å²) in [4.78, 5) is 55.0. The lowest BCUT2D eigenvalue weighted by Gasteiger charge is -2.30. The SMILES string of the molecule is Cc1ccc(COc2ccc([N+](=O)[O-])cc2[C@@H]2c3sc(=O)[nH]c3S[C@H]3C(=O)N(c4ccc(F)cc4)C(=O)[C@@H]23)cc1. The largest absolute Gasteiger partial charge is 0.489 e. The number of imide groups is 1. The predicted molar refractivity (Wildman–Crippen MR) is 147 cm³/mol. The number of nitro groups is 1. The molecule has 0 aliphatic carbocycles. The van der Waals surface area contributed by atoms with Crippen molar-refractivity contribution in [2.45, 2.75) is 29.7 Å². The molecule has 4 aromatic rings. The van der Waals surface area contributed by atoms with Gasteiger partial charge in [-0.3, -0.25) is 24.5 Å². The van der Waals surface area contributed by atoms with E-state index in [4.69, 9.17) is 4.74 Å². The molecule has 0 unspecified atom stereocenters. The number of thioether (sulfide) groups is 1. The number of hydrogen-bond donors (Lipinski definition) is 1. The van der Waals surface area contributed by atoms with Crippen LogP contribution in [-0.4, -0.2) is 27.0 Å². The minimum absolute atomic E-state index is 0.158. The van der Waals surface area contributed by atoms with Crippen molar-refractivity contribution >= 4 is 46.3 Å². The Morgan fingerprint density at radius 3 is 2.45 bits per heavy atom. The van der Waals surface area contributed by atoms with Crippen LogP contribution in [0.25, 0.3) is 0 Å². The number of nitrogens with one attached hydrogen (secondary N) is 1. The number of H-pyrrole nitrogens is 1. The van der Waals surface area contributed by atoms with Crippen LogP contribution in [0, 0.1) is 28.8 Å². The van der Waals surface area contributed by atoms with Gasteiger partial charge >= 0.3 is 4.87 Å². The highest BCUT2D eigenvalue weighted by Gasteiger charge is 2.57. The van der Waals surface area contributed by atoms with Crippen molar-refractivity contribution in [3.8, 4) is 5.75 Å². The fraction of sp³-hybridized carbons (Fsp3) is 0.179. The second-order valence-corrected chi connectivity index (χ2v) is 11.7. The number of rotatable bonds is 6. The van der Waals surface area contributed by atoms with E-state index in [9.17, 15) is 28.9 Å². The molecule has 3 aromatic carbocycles. The summed E-state index contributed by atoms with van der Waals surface area (Å²) >= 11 is 1.98. The highest BCUT2D eigenvalue weighted by atomic mass is 32.2. The first-order valence-electron chi connectivity index (χ1n) is 12.2. The first kappa shape index (κ1) is 26.0. The molecule has 40 heavy (non-hydrogen) atoms. The molecule has 0 saturated carbocycles. The first-order valence-corrected chi connectivity index (χ1v) is 13.9. The van der Waals surface area contributed by atoms with Crippen LogP contribution >= 0.6 is 23.1 Å². The minimum atomic E-state index is -0.981. The average molecular weight is 578 g/mol. The molecule has 9 nitrogen and oxygen atoms in total. The van der Waals surface area contributed by atoms with Gasteiger partial charge in [-0.15, -0.1) is 0 Å². The third-order valence-electron chi connectivity index (χ3n) is 6.96. The number of benzene rings is 3. The number of aromatic nitrogens is 1. The van der Waals surface area contributed by atoms with E-state index in [0.29, 0.717) is 21.2 Å². The highest BCUT2D eigenvalue weighted by Crippen LogP contribution is 2.55. The lowest BCUT2D eigenvalue weighted by atomic mass is 9.82. The second kappa shape index (κ2) is 10.0. The summed E-state index contributed by atoms with van der Waals surface area (Å²) < 4.78 is 19.7. The maximum atomic E-state index is 13.9. The van der Waals surface area contributed by atoms with Crippen LogP contribution in [0.4, 0.5) is 15.8 Å². The van der Waals surface area contributed by atoms with E-state index in [0.717, 1.165) is 51.3 Å². The Kier molecular flexibility index (Phi) is 6.51. The molecule has 2 aliphatic heterocycles. The van der Waals surface area contributed by atoms with Crippen molar-refractivity contribution in [1.29, 1.82) is 0 Å². The topological polar surface area (TPSA) is 123 Å². The molecular formula is C28H20FN3O6S2. The third-order valence-corrected chi connectivity index (χ3v) is 9.36. The van der Waals surface area contributed by atoms with Gasteiger partial charge in [-0.05, 0) is 42.8 Å². The van der Waals surface area contributed by atoms with Crippen molar-refractivity contribution < 1.29 is 23.6 Å². The number of ether oxygens (including phenoxy) is 1. The number of aryl methyl sites for hydroxylation is 1. The smallest absolute Gasteiger partial charge is 0.305 e. The molecule has 0 bridgehead atoms. The quantitative estimate of drug-likeness (QED) is 0.191. The van der Waals surface area contributed by atoms with Gasteiger partial charge in [0.2, 0.25) is 11.8 Å². The Morgan fingerprint density at radius 1 is 1.02 bits per heavy atom. The minimum Gasteiger partial charge on any atom is -0.489 e. The van der Waals surface area contributed by atoms with Gasteiger partial charge in [0, 0.05) is 28.5 Å². The molecule has 6 rings (SSSR count). The predicted octanol–water partition coefficient (Wildman–Crippen LogP) is 5.17. The van der Waals surface area contributed by atoms with Gasteiger partial charge in [0.25, 0.3) is 5.69 Å². The zero-order chi connectivity index (χ0) is 28.1. The van der Waals surface area contributed by atoms with Gasteiger partial charge in [0.1, 0.15) is 23.4 Å². The molecule has 0 spiro atoms. The number of non-ortho nitro benzene ring substituents is 1. The van der Waals surface area contributed by atoms with E-state index in [-0.39, 0.29) is 22.9 Å². The number of anilines is 1. The molecule has 2 aliphatic rings. The Hall–Kier alpha value is -4.29. The van der Waals surface area contributed by atoms with Gasteiger partial charge < -0.3 is 9.72 Å². The standard InChI is InChI=1S/C28H20FN3O6S2/c1-14-2-4-15(5-3-14)13-38-20-11-10-18(32(36)37)12-19(20)21-22-24(39-25-23(21)40-28(35)30-25)27(34)31(26(22)33)17-8-6-16(29)7-9-17/h2-12,21-22,24H,13H2,1H3,(H,30,35)/t21-,22-,24+/m0/s1. The Bertz CT molecular complexity index is 1720. The number of fused-ring (bicyclic) bond motifs is 2. The molecule has 12 heteroatoms. The number of nitrogens with zero attached hydrogens (tertiary/aromatic N) is 2. The Labute approximate surface area is 234 Å². The summed E-state index contributed by atoms with van der Waals surface area (Å²) in [5.74, 6) is -3.12. The van der Waals surface area contributed by atoms with Gasteiger partial charge in [-0.1, -0.05) is 52.9 Å². The average Bonchev–Trinajstić information content (AvgIpc) is 3.43. The number of nitro benzene ring substituents is 1. The molecule has 3 heterocycles.